The monoisotopic (exact) mass is 454 g/mol. The summed E-state index contributed by atoms with van der Waals surface area (Å²) in [5.74, 6) is 5.72. The molecule has 0 spiro atoms. The van der Waals surface area contributed by atoms with Crippen molar-refractivity contribution in [3.8, 4) is 0 Å². The van der Waals surface area contributed by atoms with Crippen LogP contribution in [0, 0.1) is 9.81 Å². The van der Waals surface area contributed by atoms with Crippen LogP contribution in [0.1, 0.15) is 29.9 Å². The first-order chi connectivity index (χ1) is 9.06. The van der Waals surface area contributed by atoms with Crippen molar-refractivity contribution in [1.29, 1.82) is 0 Å². The van der Waals surface area contributed by atoms with Gasteiger partial charge in [-0.05, 0) is 69.4 Å². The Hall–Kier alpha value is 0.0400. The van der Waals surface area contributed by atoms with Gasteiger partial charge >= 0.3 is 0 Å². The SMILES string of the molecule is CCn1nc(C)c(Br)c1CC(NN)c1csc(I)c1. The molecule has 0 aliphatic heterocycles. The molecule has 2 aromatic rings. The lowest BCUT2D eigenvalue weighted by Crippen LogP contribution is -2.30. The van der Waals surface area contributed by atoms with E-state index in [4.69, 9.17) is 5.84 Å². The first kappa shape index (κ1) is 15.4. The molecule has 3 N–H and O–H groups in total. The largest absolute Gasteiger partial charge is 0.271 e. The summed E-state index contributed by atoms with van der Waals surface area (Å²) in [5, 5.41) is 6.67. The maximum Gasteiger partial charge on any atom is 0.0738 e. The van der Waals surface area contributed by atoms with E-state index in [9.17, 15) is 0 Å². The summed E-state index contributed by atoms with van der Waals surface area (Å²) in [7, 11) is 0. The highest BCUT2D eigenvalue weighted by molar-refractivity contribution is 14.1. The van der Waals surface area contributed by atoms with Crippen molar-refractivity contribution in [3.63, 3.8) is 0 Å². The predicted molar refractivity (Wildman–Crippen MR) is 91.1 cm³/mol. The van der Waals surface area contributed by atoms with Gasteiger partial charge in [0, 0.05) is 13.0 Å². The highest BCUT2D eigenvalue weighted by Gasteiger charge is 2.19. The number of nitrogens with one attached hydrogen (secondary N) is 1. The van der Waals surface area contributed by atoms with Gasteiger partial charge in [0.2, 0.25) is 0 Å². The Labute approximate surface area is 139 Å². The molecule has 2 aromatic heterocycles. The van der Waals surface area contributed by atoms with E-state index in [1.165, 1.54) is 14.1 Å². The molecule has 0 bridgehead atoms. The number of hydrogen-bond donors (Lipinski definition) is 2. The van der Waals surface area contributed by atoms with E-state index in [0.29, 0.717) is 0 Å². The molecule has 2 heterocycles. The van der Waals surface area contributed by atoms with E-state index in [0.717, 1.165) is 23.1 Å². The van der Waals surface area contributed by atoms with Gasteiger partial charge in [-0.2, -0.15) is 5.10 Å². The van der Waals surface area contributed by atoms with Crippen molar-refractivity contribution >= 4 is 49.9 Å². The minimum Gasteiger partial charge on any atom is -0.271 e. The van der Waals surface area contributed by atoms with Crippen LogP contribution in [0.3, 0.4) is 0 Å². The average molecular weight is 455 g/mol. The summed E-state index contributed by atoms with van der Waals surface area (Å²) in [6, 6.07) is 2.28. The van der Waals surface area contributed by atoms with Gasteiger partial charge < -0.3 is 0 Å². The van der Waals surface area contributed by atoms with Gasteiger partial charge in [0.05, 0.1) is 24.8 Å². The molecule has 2 rings (SSSR count). The zero-order chi connectivity index (χ0) is 14.0. The first-order valence-corrected chi connectivity index (χ1v) is 8.73. The van der Waals surface area contributed by atoms with E-state index in [-0.39, 0.29) is 6.04 Å². The second-order valence-corrected chi connectivity index (χ2v) is 7.87. The highest BCUT2D eigenvalue weighted by atomic mass is 127. The lowest BCUT2D eigenvalue weighted by molar-refractivity contribution is 0.517. The molecule has 0 fully saturated rings. The van der Waals surface area contributed by atoms with Crippen LogP contribution < -0.4 is 11.3 Å². The summed E-state index contributed by atoms with van der Waals surface area (Å²) < 4.78 is 4.38. The number of hydrogen-bond acceptors (Lipinski definition) is 4. The highest BCUT2D eigenvalue weighted by Crippen LogP contribution is 2.28. The molecule has 19 heavy (non-hydrogen) atoms. The fraction of sp³-hybridized carbons (Fsp3) is 0.417. The Morgan fingerprint density at radius 3 is 2.89 bits per heavy atom. The lowest BCUT2D eigenvalue weighted by Gasteiger charge is -2.15. The Kier molecular flexibility index (Phi) is 5.41. The fourth-order valence-electron chi connectivity index (χ4n) is 2.04. The smallest absolute Gasteiger partial charge is 0.0738 e. The number of halogens is 2. The van der Waals surface area contributed by atoms with Gasteiger partial charge in [-0.1, -0.05) is 0 Å². The van der Waals surface area contributed by atoms with Crippen LogP contribution in [-0.4, -0.2) is 9.78 Å². The van der Waals surface area contributed by atoms with Crippen molar-refractivity contribution in [2.75, 3.05) is 0 Å². The molecule has 0 amide bonds. The number of rotatable bonds is 5. The Morgan fingerprint density at radius 1 is 1.63 bits per heavy atom. The second-order valence-electron chi connectivity index (χ2n) is 4.27. The molecule has 4 nitrogen and oxygen atoms in total. The van der Waals surface area contributed by atoms with E-state index in [1.807, 2.05) is 11.6 Å². The Morgan fingerprint density at radius 2 is 2.37 bits per heavy atom. The van der Waals surface area contributed by atoms with Crippen molar-refractivity contribution in [2.24, 2.45) is 5.84 Å². The van der Waals surface area contributed by atoms with Crippen LogP contribution in [0.25, 0.3) is 0 Å². The molecule has 104 valence electrons. The molecule has 0 aliphatic rings. The van der Waals surface area contributed by atoms with Gasteiger partial charge in [0.15, 0.2) is 0 Å². The van der Waals surface area contributed by atoms with Gasteiger partial charge in [0.1, 0.15) is 0 Å². The van der Waals surface area contributed by atoms with E-state index < -0.39 is 0 Å². The van der Waals surface area contributed by atoms with E-state index in [1.54, 1.807) is 11.3 Å². The minimum absolute atomic E-state index is 0.109. The molecule has 7 heteroatoms. The van der Waals surface area contributed by atoms with Crippen LogP contribution in [0.5, 0.6) is 0 Å². The van der Waals surface area contributed by atoms with Crippen molar-refractivity contribution < 1.29 is 0 Å². The zero-order valence-corrected chi connectivity index (χ0v) is 15.3. The number of nitrogens with zero attached hydrogens (tertiary/aromatic N) is 2. The predicted octanol–water partition coefficient (Wildman–Crippen LogP) is 3.39. The summed E-state index contributed by atoms with van der Waals surface area (Å²) >= 11 is 7.69. The second kappa shape index (κ2) is 6.66. The number of aryl methyl sites for hydroxylation is 2. The van der Waals surface area contributed by atoms with Gasteiger partial charge in [-0.15, -0.1) is 11.3 Å². The van der Waals surface area contributed by atoms with Crippen molar-refractivity contribution in [2.45, 2.75) is 32.9 Å². The van der Waals surface area contributed by atoms with Crippen molar-refractivity contribution in [3.05, 3.63) is 35.8 Å². The summed E-state index contributed by atoms with van der Waals surface area (Å²) in [6.07, 6.45) is 0.818. The molecule has 0 radical (unpaired) electrons. The topological polar surface area (TPSA) is 55.9 Å². The van der Waals surface area contributed by atoms with Crippen molar-refractivity contribution in [1.82, 2.24) is 15.2 Å². The third kappa shape index (κ3) is 3.38. The van der Waals surface area contributed by atoms with E-state index in [2.05, 4.69) is 67.4 Å². The maximum atomic E-state index is 5.72. The molecular weight excluding hydrogens is 439 g/mol. The number of hydrazine groups is 1. The normalized spacial score (nSPS) is 12.9. The van der Waals surface area contributed by atoms with Gasteiger partial charge in [-0.3, -0.25) is 16.0 Å². The Bertz CT molecular complexity index is 566. The summed E-state index contributed by atoms with van der Waals surface area (Å²) in [5.41, 5.74) is 6.34. The standard InChI is InChI=1S/C12H16BrIN4S/c1-3-18-10(12(13)7(2)17-18)5-9(16-15)8-4-11(14)19-6-8/h4,6,9,16H,3,5,15H2,1-2H3. The molecule has 0 saturated heterocycles. The minimum atomic E-state index is 0.109. The molecule has 0 saturated carbocycles. The van der Waals surface area contributed by atoms with Crippen LogP contribution >= 0.6 is 49.9 Å². The lowest BCUT2D eigenvalue weighted by atomic mass is 10.1. The number of nitrogens with two attached hydrogens (primary N) is 1. The van der Waals surface area contributed by atoms with Gasteiger partial charge in [0.25, 0.3) is 0 Å². The number of thiophene rings is 1. The average Bonchev–Trinajstić information content (AvgIpc) is 2.93. The summed E-state index contributed by atoms with van der Waals surface area (Å²) in [6.45, 7) is 4.97. The van der Waals surface area contributed by atoms with Crippen LogP contribution in [0.2, 0.25) is 0 Å². The third-order valence-electron chi connectivity index (χ3n) is 3.04. The Balaban J connectivity index is 2.28. The third-order valence-corrected chi connectivity index (χ3v) is 5.88. The van der Waals surface area contributed by atoms with Crippen LogP contribution in [0.15, 0.2) is 15.9 Å². The maximum absolute atomic E-state index is 5.72. The van der Waals surface area contributed by atoms with Crippen LogP contribution in [0.4, 0.5) is 0 Å². The van der Waals surface area contributed by atoms with Crippen LogP contribution in [-0.2, 0) is 13.0 Å². The fourth-order valence-corrected chi connectivity index (χ4v) is 3.91. The molecule has 0 aromatic carbocycles. The summed E-state index contributed by atoms with van der Waals surface area (Å²) in [4.78, 5) is 0. The molecular formula is C12H16BrIN4S. The first-order valence-electron chi connectivity index (χ1n) is 5.98. The number of aromatic nitrogens is 2. The molecule has 1 unspecified atom stereocenters. The van der Waals surface area contributed by atoms with Gasteiger partial charge in [-0.25, -0.2) is 0 Å². The van der Waals surface area contributed by atoms with E-state index >= 15 is 0 Å². The molecule has 0 aliphatic carbocycles. The molecule has 1 atom stereocenters. The quantitative estimate of drug-likeness (QED) is 0.413. The zero-order valence-electron chi connectivity index (χ0n) is 10.8.